The first-order chi connectivity index (χ1) is 20.9. The second kappa shape index (κ2) is 14.1. The lowest BCUT2D eigenvalue weighted by atomic mass is 10.1. The Hall–Kier alpha value is -4.14. The van der Waals surface area contributed by atoms with Gasteiger partial charge in [0.15, 0.2) is 22.5 Å². The lowest BCUT2D eigenvalue weighted by Crippen LogP contribution is -2.25. The molecular weight excluding hydrogens is 646 g/mol. The molecule has 4 rings (SSSR count). The number of carbonyl (C=O) groups is 2. The average molecular weight is 670 g/mol. The molecule has 0 radical (unpaired) electrons. The van der Waals surface area contributed by atoms with E-state index in [4.69, 9.17) is 37.4 Å². The monoisotopic (exact) mass is 669 g/mol. The van der Waals surface area contributed by atoms with Gasteiger partial charge in [0.05, 0.1) is 55.6 Å². The molecule has 0 saturated heterocycles. The van der Waals surface area contributed by atoms with Crippen molar-refractivity contribution in [1.29, 1.82) is 0 Å². The van der Waals surface area contributed by atoms with Crippen molar-refractivity contribution < 1.29 is 37.0 Å². The maximum Gasteiger partial charge on any atom is 0.416 e. The van der Waals surface area contributed by atoms with E-state index in [9.17, 15) is 22.8 Å². The van der Waals surface area contributed by atoms with Crippen LogP contribution in [0.2, 0.25) is 10.0 Å². The zero-order valence-corrected chi connectivity index (χ0v) is 25.6. The van der Waals surface area contributed by atoms with Crippen LogP contribution in [0, 0.1) is 0 Å². The fourth-order valence-corrected chi connectivity index (χ4v) is 5.09. The van der Waals surface area contributed by atoms with Crippen LogP contribution >= 0.6 is 35.0 Å². The normalized spacial score (nSPS) is 11.2. The van der Waals surface area contributed by atoms with Crippen molar-refractivity contribution in [2.75, 3.05) is 32.4 Å². The fourth-order valence-electron chi connectivity index (χ4n) is 3.97. The Bertz CT molecular complexity index is 1660. The Morgan fingerprint density at radius 3 is 2.27 bits per heavy atom. The molecule has 0 aliphatic rings. The maximum absolute atomic E-state index is 13.1. The van der Waals surface area contributed by atoms with Crippen LogP contribution in [0.5, 0.6) is 17.2 Å². The molecule has 0 atom stereocenters. The number of amides is 2. The van der Waals surface area contributed by atoms with Gasteiger partial charge in [-0.05, 0) is 48.5 Å². The number of thioether (sulfide) groups is 1. The summed E-state index contributed by atoms with van der Waals surface area (Å²) >= 11 is 13.2. The van der Waals surface area contributed by atoms with E-state index in [1.165, 1.54) is 33.5 Å². The molecule has 232 valence electrons. The van der Waals surface area contributed by atoms with Crippen molar-refractivity contribution in [3.63, 3.8) is 0 Å². The number of nitrogens with one attached hydrogen (secondary N) is 2. The standard InChI is InChI=1S/C28H24Cl2F3N5O5S/c1-41-21-9-15(10-22(42-2)25(21)43-3)26(40)34-13-23-36-37-27(38(23)18-6-4-5-17(29)12-18)44-14-24(39)35-20-11-16(28(31,32)33)7-8-19(20)30/h4-12H,13-14H2,1-3H3,(H,34,40)(H,35,39). The first-order valence-electron chi connectivity index (χ1n) is 12.5. The number of benzene rings is 3. The van der Waals surface area contributed by atoms with E-state index in [-0.39, 0.29) is 33.7 Å². The SMILES string of the molecule is COc1cc(C(=O)NCc2nnc(SCC(=O)Nc3cc(C(F)(F)F)ccc3Cl)n2-c2cccc(Cl)c2)cc(OC)c1OC. The predicted octanol–water partition coefficient (Wildman–Crippen LogP) is 6.28. The highest BCUT2D eigenvalue weighted by molar-refractivity contribution is 7.99. The lowest BCUT2D eigenvalue weighted by molar-refractivity contribution is -0.137. The molecule has 2 amide bonds. The summed E-state index contributed by atoms with van der Waals surface area (Å²) in [6.07, 6.45) is -4.61. The number of anilines is 1. The Morgan fingerprint density at radius 2 is 1.66 bits per heavy atom. The second-order valence-electron chi connectivity index (χ2n) is 8.84. The van der Waals surface area contributed by atoms with Crippen molar-refractivity contribution in [2.45, 2.75) is 17.9 Å². The molecule has 0 fully saturated rings. The Balaban J connectivity index is 1.54. The molecule has 3 aromatic carbocycles. The molecule has 0 saturated carbocycles. The maximum atomic E-state index is 13.1. The van der Waals surface area contributed by atoms with E-state index >= 15 is 0 Å². The number of carbonyl (C=O) groups excluding carboxylic acids is 2. The van der Waals surface area contributed by atoms with Crippen LogP contribution in [0.1, 0.15) is 21.7 Å². The number of ether oxygens (including phenoxy) is 3. The van der Waals surface area contributed by atoms with Crippen LogP contribution < -0.4 is 24.8 Å². The molecule has 4 aromatic rings. The molecule has 1 aromatic heterocycles. The number of rotatable bonds is 11. The van der Waals surface area contributed by atoms with Crippen molar-refractivity contribution in [1.82, 2.24) is 20.1 Å². The largest absolute Gasteiger partial charge is 0.493 e. The molecule has 0 bridgehead atoms. The summed E-state index contributed by atoms with van der Waals surface area (Å²) in [5, 5.41) is 14.1. The van der Waals surface area contributed by atoms with Gasteiger partial charge in [0.25, 0.3) is 5.91 Å². The number of hydrogen-bond acceptors (Lipinski definition) is 8. The zero-order chi connectivity index (χ0) is 32.0. The number of halogens is 5. The van der Waals surface area contributed by atoms with Crippen molar-refractivity contribution in [3.8, 4) is 22.9 Å². The molecule has 0 spiro atoms. The van der Waals surface area contributed by atoms with E-state index in [1.54, 1.807) is 28.8 Å². The number of methoxy groups -OCH3 is 3. The van der Waals surface area contributed by atoms with Crippen LogP contribution in [0.25, 0.3) is 5.69 Å². The quantitative estimate of drug-likeness (QED) is 0.179. The molecule has 1 heterocycles. The summed E-state index contributed by atoms with van der Waals surface area (Å²) in [6.45, 7) is -0.0817. The second-order valence-corrected chi connectivity index (χ2v) is 10.6. The molecular formula is C28H24Cl2F3N5O5S. The third-order valence-electron chi connectivity index (χ3n) is 6.00. The minimum Gasteiger partial charge on any atom is -0.493 e. The molecule has 0 aliphatic carbocycles. The summed E-state index contributed by atoms with van der Waals surface area (Å²) < 4.78 is 56.9. The topological polar surface area (TPSA) is 117 Å². The Labute approximate surface area is 263 Å². The van der Waals surface area contributed by atoms with Gasteiger partial charge in [-0.1, -0.05) is 41.0 Å². The summed E-state index contributed by atoms with van der Waals surface area (Å²) in [5.41, 5.74) is -0.362. The van der Waals surface area contributed by atoms with E-state index in [2.05, 4.69) is 20.8 Å². The fraction of sp³-hybridized carbons (Fsp3) is 0.214. The molecule has 0 aliphatic heterocycles. The lowest BCUT2D eigenvalue weighted by Gasteiger charge is -2.14. The van der Waals surface area contributed by atoms with Gasteiger partial charge < -0.3 is 24.8 Å². The van der Waals surface area contributed by atoms with Gasteiger partial charge >= 0.3 is 6.18 Å². The first kappa shape index (κ1) is 32.8. The van der Waals surface area contributed by atoms with Crippen molar-refractivity contribution in [3.05, 3.63) is 81.6 Å². The number of aromatic nitrogens is 3. The first-order valence-corrected chi connectivity index (χ1v) is 14.3. The highest BCUT2D eigenvalue weighted by Gasteiger charge is 2.31. The minimum atomic E-state index is -4.61. The summed E-state index contributed by atoms with van der Waals surface area (Å²) in [5.74, 6) is -0.135. The van der Waals surface area contributed by atoms with Gasteiger partial charge in [-0.2, -0.15) is 13.2 Å². The third-order valence-corrected chi connectivity index (χ3v) is 7.49. The number of alkyl halides is 3. The highest BCUT2D eigenvalue weighted by Crippen LogP contribution is 2.38. The predicted molar refractivity (Wildman–Crippen MR) is 159 cm³/mol. The smallest absolute Gasteiger partial charge is 0.416 e. The van der Waals surface area contributed by atoms with E-state index in [1.807, 2.05) is 0 Å². The van der Waals surface area contributed by atoms with Crippen LogP contribution in [0.4, 0.5) is 18.9 Å². The average Bonchev–Trinajstić information content (AvgIpc) is 3.41. The van der Waals surface area contributed by atoms with Gasteiger partial charge in [0.1, 0.15) is 0 Å². The molecule has 16 heteroatoms. The zero-order valence-electron chi connectivity index (χ0n) is 23.3. The van der Waals surface area contributed by atoms with Crippen LogP contribution in [0.3, 0.4) is 0 Å². The summed E-state index contributed by atoms with van der Waals surface area (Å²) in [7, 11) is 4.31. The highest BCUT2D eigenvalue weighted by atomic mass is 35.5. The van der Waals surface area contributed by atoms with Gasteiger partial charge in [0.2, 0.25) is 11.7 Å². The number of hydrogen-bond donors (Lipinski definition) is 2. The van der Waals surface area contributed by atoms with Crippen LogP contribution in [0.15, 0.2) is 59.8 Å². The molecule has 0 unspecified atom stereocenters. The molecule has 10 nitrogen and oxygen atoms in total. The van der Waals surface area contributed by atoms with Crippen molar-refractivity contribution >= 4 is 52.5 Å². The molecule has 2 N–H and O–H groups in total. The van der Waals surface area contributed by atoms with E-state index < -0.39 is 23.6 Å². The summed E-state index contributed by atoms with van der Waals surface area (Å²) in [4.78, 5) is 25.8. The van der Waals surface area contributed by atoms with E-state index in [0.29, 0.717) is 33.8 Å². The van der Waals surface area contributed by atoms with Crippen LogP contribution in [-0.2, 0) is 17.5 Å². The Kier molecular flexibility index (Phi) is 10.5. The third kappa shape index (κ3) is 7.68. The van der Waals surface area contributed by atoms with Gasteiger partial charge in [0, 0.05) is 10.6 Å². The van der Waals surface area contributed by atoms with Crippen molar-refractivity contribution in [2.24, 2.45) is 0 Å². The van der Waals surface area contributed by atoms with Gasteiger partial charge in [-0.25, -0.2) is 0 Å². The van der Waals surface area contributed by atoms with E-state index in [0.717, 1.165) is 30.0 Å². The van der Waals surface area contributed by atoms with Crippen LogP contribution in [-0.4, -0.2) is 53.7 Å². The van der Waals surface area contributed by atoms with Gasteiger partial charge in [-0.3, -0.25) is 14.2 Å². The number of nitrogens with zero attached hydrogens (tertiary/aromatic N) is 3. The van der Waals surface area contributed by atoms with Gasteiger partial charge in [-0.15, -0.1) is 10.2 Å². The molecule has 44 heavy (non-hydrogen) atoms. The summed E-state index contributed by atoms with van der Waals surface area (Å²) in [6, 6.07) is 12.4. The minimum absolute atomic E-state index is 0.0522. The Morgan fingerprint density at radius 1 is 0.955 bits per heavy atom.